The maximum atomic E-state index is 11.5. The zero-order valence-corrected chi connectivity index (χ0v) is 13.3. The van der Waals surface area contributed by atoms with E-state index in [1.54, 1.807) is 0 Å². The Balaban J connectivity index is 1.74. The van der Waals surface area contributed by atoms with Crippen molar-refractivity contribution in [2.45, 2.75) is 51.0 Å². The summed E-state index contributed by atoms with van der Waals surface area (Å²) in [6.07, 6.45) is 8.39. The van der Waals surface area contributed by atoms with Crippen LogP contribution in [0, 0.1) is 5.92 Å². The second-order valence-electron chi connectivity index (χ2n) is 6.32. The van der Waals surface area contributed by atoms with E-state index < -0.39 is 0 Å². The van der Waals surface area contributed by atoms with E-state index in [9.17, 15) is 4.79 Å². The lowest BCUT2D eigenvalue weighted by atomic mass is 9.93. The number of hydrogen-bond donors (Lipinski definition) is 2. The van der Waals surface area contributed by atoms with Crippen molar-refractivity contribution in [1.82, 2.24) is 5.32 Å². The van der Waals surface area contributed by atoms with Gasteiger partial charge < -0.3 is 10.6 Å². The fraction of sp³-hybridized carbons (Fsp3) is 0.588. The Kier molecular flexibility index (Phi) is 4.51. The van der Waals surface area contributed by atoms with Crippen LogP contribution in [0.2, 0.25) is 5.02 Å². The summed E-state index contributed by atoms with van der Waals surface area (Å²) in [6, 6.07) is 4.28. The average Bonchev–Trinajstić information content (AvgIpc) is 3.08. The molecular weight excluding hydrogens is 284 g/mol. The molecule has 2 aliphatic rings. The van der Waals surface area contributed by atoms with Crippen LogP contribution in [0.5, 0.6) is 0 Å². The fourth-order valence-corrected chi connectivity index (χ4v) is 3.99. The zero-order valence-electron chi connectivity index (χ0n) is 12.5. The van der Waals surface area contributed by atoms with E-state index >= 15 is 0 Å². The highest BCUT2D eigenvalue weighted by Gasteiger charge is 2.23. The summed E-state index contributed by atoms with van der Waals surface area (Å²) in [6.45, 7) is 0. The Bertz CT molecular complexity index is 538. The molecule has 1 fully saturated rings. The molecule has 21 heavy (non-hydrogen) atoms. The summed E-state index contributed by atoms with van der Waals surface area (Å²) >= 11 is 6.43. The van der Waals surface area contributed by atoms with Crippen LogP contribution < -0.4 is 10.6 Å². The molecule has 3 nitrogen and oxygen atoms in total. The smallest absolute Gasteiger partial charge is 0.228 e. The van der Waals surface area contributed by atoms with Crippen molar-refractivity contribution in [2.24, 2.45) is 5.92 Å². The molecule has 1 amide bonds. The monoisotopic (exact) mass is 306 g/mol. The molecule has 1 aliphatic carbocycles. The molecule has 0 bridgehead atoms. The molecular formula is C17H23ClN2O. The summed E-state index contributed by atoms with van der Waals surface area (Å²) in [5.41, 5.74) is 3.08. The number of benzene rings is 1. The molecule has 1 unspecified atom stereocenters. The van der Waals surface area contributed by atoms with Crippen molar-refractivity contribution < 1.29 is 4.79 Å². The minimum Gasteiger partial charge on any atom is -0.325 e. The number of halogens is 1. The maximum Gasteiger partial charge on any atom is 0.228 e. The number of carbonyl (C=O) groups excluding carboxylic acids is 1. The van der Waals surface area contributed by atoms with Crippen LogP contribution in [-0.2, 0) is 11.2 Å². The van der Waals surface area contributed by atoms with Gasteiger partial charge in [0, 0.05) is 16.8 Å². The zero-order chi connectivity index (χ0) is 14.8. The standard InChI is InChI=1S/C17H23ClN2O/c1-19-15(7-6-11-4-2-3-5-11)13-8-12-9-17(21)20-16(12)10-14(13)18/h8,10-11,15,19H,2-7,9H2,1H3,(H,20,21). The van der Waals surface area contributed by atoms with Crippen LogP contribution in [0.1, 0.15) is 55.7 Å². The molecule has 0 aromatic heterocycles. The first-order valence-electron chi connectivity index (χ1n) is 7.97. The molecule has 0 saturated heterocycles. The molecule has 2 N–H and O–H groups in total. The van der Waals surface area contributed by atoms with Crippen LogP contribution >= 0.6 is 11.6 Å². The first-order chi connectivity index (χ1) is 10.2. The predicted octanol–water partition coefficient (Wildman–Crippen LogP) is 4.07. The van der Waals surface area contributed by atoms with Crippen LogP contribution in [0.4, 0.5) is 5.69 Å². The number of anilines is 1. The van der Waals surface area contributed by atoms with E-state index in [-0.39, 0.29) is 11.9 Å². The van der Waals surface area contributed by atoms with Gasteiger partial charge in [-0.1, -0.05) is 43.4 Å². The number of carbonyl (C=O) groups is 1. The van der Waals surface area contributed by atoms with Crippen LogP contribution in [0.15, 0.2) is 12.1 Å². The van der Waals surface area contributed by atoms with Crippen molar-refractivity contribution in [3.63, 3.8) is 0 Å². The SMILES string of the molecule is CNC(CCC1CCCC1)c1cc2c(cc1Cl)NC(=O)C2. The lowest BCUT2D eigenvalue weighted by molar-refractivity contribution is -0.115. The highest BCUT2D eigenvalue weighted by atomic mass is 35.5. The molecule has 1 saturated carbocycles. The molecule has 1 aromatic rings. The summed E-state index contributed by atoms with van der Waals surface area (Å²) in [4.78, 5) is 11.5. The van der Waals surface area contributed by atoms with Gasteiger partial charge >= 0.3 is 0 Å². The molecule has 3 rings (SSSR count). The lowest BCUT2D eigenvalue weighted by Crippen LogP contribution is -2.18. The molecule has 0 spiro atoms. The molecule has 114 valence electrons. The molecule has 1 aliphatic heterocycles. The Morgan fingerprint density at radius 1 is 1.38 bits per heavy atom. The predicted molar refractivity (Wildman–Crippen MR) is 86.8 cm³/mol. The molecule has 1 aromatic carbocycles. The number of hydrogen-bond acceptors (Lipinski definition) is 2. The molecule has 1 heterocycles. The Morgan fingerprint density at radius 3 is 2.86 bits per heavy atom. The van der Waals surface area contributed by atoms with Crippen molar-refractivity contribution >= 4 is 23.2 Å². The van der Waals surface area contributed by atoms with Crippen LogP contribution in [-0.4, -0.2) is 13.0 Å². The van der Waals surface area contributed by atoms with Crippen molar-refractivity contribution in [3.8, 4) is 0 Å². The number of amides is 1. The summed E-state index contributed by atoms with van der Waals surface area (Å²) in [5.74, 6) is 0.947. The van der Waals surface area contributed by atoms with Crippen molar-refractivity contribution in [2.75, 3.05) is 12.4 Å². The molecule has 4 heteroatoms. The van der Waals surface area contributed by atoms with Gasteiger partial charge in [-0.25, -0.2) is 0 Å². The number of rotatable bonds is 5. The highest BCUT2D eigenvalue weighted by Crippen LogP contribution is 2.36. The summed E-state index contributed by atoms with van der Waals surface area (Å²) < 4.78 is 0. The maximum absolute atomic E-state index is 11.5. The third-order valence-electron chi connectivity index (χ3n) is 4.91. The Morgan fingerprint density at radius 2 is 2.14 bits per heavy atom. The molecule has 1 atom stereocenters. The molecule has 0 radical (unpaired) electrons. The van der Waals surface area contributed by atoms with E-state index in [0.29, 0.717) is 6.42 Å². The first-order valence-corrected chi connectivity index (χ1v) is 8.34. The minimum atomic E-state index is 0.0604. The van der Waals surface area contributed by atoms with Gasteiger partial charge in [-0.15, -0.1) is 0 Å². The van der Waals surface area contributed by atoms with Gasteiger partial charge in [-0.3, -0.25) is 4.79 Å². The van der Waals surface area contributed by atoms with Crippen molar-refractivity contribution in [3.05, 3.63) is 28.3 Å². The Labute approximate surface area is 131 Å². The average molecular weight is 307 g/mol. The largest absolute Gasteiger partial charge is 0.325 e. The van der Waals surface area contributed by atoms with E-state index in [4.69, 9.17) is 11.6 Å². The van der Waals surface area contributed by atoms with Gasteiger partial charge in [0.15, 0.2) is 0 Å². The highest BCUT2D eigenvalue weighted by molar-refractivity contribution is 6.32. The quantitative estimate of drug-likeness (QED) is 0.861. The van der Waals surface area contributed by atoms with E-state index in [2.05, 4.69) is 16.7 Å². The number of nitrogens with one attached hydrogen (secondary N) is 2. The summed E-state index contributed by atoms with van der Waals surface area (Å²) in [5, 5.41) is 7.00. The van der Waals surface area contributed by atoms with Crippen LogP contribution in [0.3, 0.4) is 0 Å². The van der Waals surface area contributed by atoms with Gasteiger partial charge in [0.2, 0.25) is 5.91 Å². The van der Waals surface area contributed by atoms with Crippen molar-refractivity contribution in [1.29, 1.82) is 0 Å². The third kappa shape index (κ3) is 3.24. The first kappa shape index (κ1) is 14.9. The van der Waals surface area contributed by atoms with Gasteiger partial charge in [0.1, 0.15) is 0 Å². The van der Waals surface area contributed by atoms with Gasteiger partial charge in [0.25, 0.3) is 0 Å². The lowest BCUT2D eigenvalue weighted by Gasteiger charge is -2.21. The normalized spacial score (nSPS) is 19.6. The number of fused-ring (bicyclic) bond motifs is 1. The van der Waals surface area contributed by atoms with Crippen LogP contribution in [0.25, 0.3) is 0 Å². The van der Waals surface area contributed by atoms with Gasteiger partial charge in [-0.2, -0.15) is 0 Å². The third-order valence-corrected chi connectivity index (χ3v) is 5.24. The van der Waals surface area contributed by atoms with Gasteiger partial charge in [0.05, 0.1) is 6.42 Å². The summed E-state index contributed by atoms with van der Waals surface area (Å²) in [7, 11) is 1.99. The minimum absolute atomic E-state index is 0.0604. The topological polar surface area (TPSA) is 41.1 Å². The second-order valence-corrected chi connectivity index (χ2v) is 6.73. The van der Waals surface area contributed by atoms with E-state index in [1.165, 1.54) is 32.1 Å². The van der Waals surface area contributed by atoms with Gasteiger partial charge in [-0.05, 0) is 43.0 Å². The van der Waals surface area contributed by atoms with E-state index in [1.807, 2.05) is 13.1 Å². The van der Waals surface area contributed by atoms with E-state index in [0.717, 1.165) is 34.2 Å². The fourth-order valence-electron chi connectivity index (χ4n) is 3.69. The second kappa shape index (κ2) is 6.37. The Hall–Kier alpha value is -1.06.